The number of nitrogens with one attached hydrogen (secondary N) is 3. The van der Waals surface area contributed by atoms with Gasteiger partial charge in [-0.2, -0.15) is 5.26 Å². The highest BCUT2D eigenvalue weighted by atomic mass is 32.1. The van der Waals surface area contributed by atoms with Crippen LogP contribution in [0.3, 0.4) is 0 Å². The lowest BCUT2D eigenvalue weighted by molar-refractivity contribution is -0.121. The highest BCUT2D eigenvalue weighted by Crippen LogP contribution is 2.24. The molecule has 0 saturated carbocycles. The number of anilines is 2. The Balaban J connectivity index is 2.20. The van der Waals surface area contributed by atoms with E-state index in [2.05, 4.69) is 34.6 Å². The number of carbonyl (C=O) groups is 1. The second-order valence-corrected chi connectivity index (χ2v) is 7.40. The number of benzene rings is 1. The number of nitriles is 1. The molecule has 2 rings (SSSR count). The van der Waals surface area contributed by atoms with E-state index in [9.17, 15) is 10.1 Å². The molecule has 1 heterocycles. The molecule has 134 valence electrons. The van der Waals surface area contributed by atoms with E-state index in [4.69, 9.17) is 5.73 Å². The van der Waals surface area contributed by atoms with Crippen molar-refractivity contribution in [3.63, 3.8) is 0 Å². The number of amides is 1. The lowest BCUT2D eigenvalue weighted by Gasteiger charge is -2.18. The van der Waals surface area contributed by atoms with E-state index >= 15 is 0 Å². The van der Waals surface area contributed by atoms with Crippen LogP contribution >= 0.6 is 0 Å². The van der Waals surface area contributed by atoms with Gasteiger partial charge in [-0.1, -0.05) is 0 Å². The molecule has 1 aromatic rings. The zero-order valence-electron chi connectivity index (χ0n) is 14.6. The van der Waals surface area contributed by atoms with Crippen molar-refractivity contribution < 1.29 is 4.79 Å². The Morgan fingerprint density at radius 3 is 2.92 bits per heavy atom. The minimum atomic E-state index is -0.495. The van der Waals surface area contributed by atoms with Crippen LogP contribution in [-0.2, 0) is 17.4 Å². The van der Waals surface area contributed by atoms with Crippen molar-refractivity contribution in [2.45, 2.75) is 44.7 Å². The second-order valence-electron chi connectivity index (χ2n) is 6.86. The van der Waals surface area contributed by atoms with Crippen LogP contribution in [0.2, 0.25) is 0 Å². The summed E-state index contributed by atoms with van der Waals surface area (Å²) in [6.45, 7) is 4.48. The van der Waals surface area contributed by atoms with E-state index in [0.717, 1.165) is 31.5 Å². The Bertz CT molecular complexity index is 702. The van der Waals surface area contributed by atoms with Crippen molar-refractivity contribution >= 4 is 29.9 Å². The first kappa shape index (κ1) is 19.2. The van der Waals surface area contributed by atoms with Crippen molar-refractivity contribution in [2.24, 2.45) is 5.73 Å². The summed E-state index contributed by atoms with van der Waals surface area (Å²) in [4.78, 5) is 12.1. The highest BCUT2D eigenvalue weighted by Gasteiger charge is 2.20. The van der Waals surface area contributed by atoms with Gasteiger partial charge >= 0.3 is 0 Å². The summed E-state index contributed by atoms with van der Waals surface area (Å²) in [5.41, 5.74) is 7.42. The molecule has 5 N–H and O–H groups in total. The van der Waals surface area contributed by atoms with Gasteiger partial charge in [0, 0.05) is 36.5 Å². The van der Waals surface area contributed by atoms with Gasteiger partial charge in [-0.15, -0.1) is 0 Å². The van der Waals surface area contributed by atoms with E-state index in [1.165, 1.54) is 0 Å². The molecule has 7 heteroatoms. The van der Waals surface area contributed by atoms with Crippen molar-refractivity contribution in [1.82, 2.24) is 5.32 Å². The molecule has 1 fully saturated rings. The number of nitrogens with two attached hydrogens (primary N) is 1. The SMILES string of the molecule is CC(C)(N)/C=C(\[SH2+])Nc1cc(NC2CCCCNC2=O)ccc1C#N. The maximum atomic E-state index is 12.1. The molecule has 0 bridgehead atoms. The molecular weight excluding hydrogens is 334 g/mol. The topological polar surface area (TPSA) is 103 Å². The molecule has 0 aromatic heterocycles. The monoisotopic (exact) mass is 360 g/mol. The molecule has 0 radical (unpaired) electrons. The maximum Gasteiger partial charge on any atom is 0.242 e. The zero-order chi connectivity index (χ0) is 18.4. The van der Waals surface area contributed by atoms with E-state index in [0.29, 0.717) is 16.3 Å². The fourth-order valence-corrected chi connectivity index (χ4v) is 3.17. The van der Waals surface area contributed by atoms with Gasteiger partial charge in [-0.25, -0.2) is 0 Å². The van der Waals surface area contributed by atoms with Crippen molar-refractivity contribution in [3.8, 4) is 6.07 Å². The van der Waals surface area contributed by atoms with Gasteiger partial charge in [0.2, 0.25) is 10.9 Å². The van der Waals surface area contributed by atoms with Crippen molar-refractivity contribution in [3.05, 3.63) is 34.9 Å². The summed E-state index contributed by atoms with van der Waals surface area (Å²) in [6, 6.07) is 7.27. The summed E-state index contributed by atoms with van der Waals surface area (Å²) in [6.07, 6.45) is 4.61. The van der Waals surface area contributed by atoms with Crippen molar-refractivity contribution in [1.29, 1.82) is 5.26 Å². The Kier molecular flexibility index (Phi) is 6.34. The van der Waals surface area contributed by atoms with Gasteiger partial charge in [0.15, 0.2) is 0 Å². The maximum absolute atomic E-state index is 12.1. The van der Waals surface area contributed by atoms with Crippen LogP contribution < -0.4 is 21.7 Å². The van der Waals surface area contributed by atoms with Gasteiger partial charge in [-0.3, -0.25) is 4.79 Å². The third-order valence-electron chi connectivity index (χ3n) is 3.80. The second kappa shape index (κ2) is 8.28. The zero-order valence-corrected chi connectivity index (χ0v) is 15.6. The Morgan fingerprint density at radius 2 is 2.24 bits per heavy atom. The molecule has 1 atom stereocenters. The van der Waals surface area contributed by atoms with Crippen LogP contribution in [-0.4, -0.2) is 24.0 Å². The average molecular weight is 361 g/mol. The average Bonchev–Trinajstić information content (AvgIpc) is 2.71. The highest BCUT2D eigenvalue weighted by molar-refractivity contribution is 7.63. The van der Waals surface area contributed by atoms with Crippen LogP contribution in [0.15, 0.2) is 29.3 Å². The summed E-state index contributed by atoms with van der Waals surface area (Å²) < 4.78 is 0. The van der Waals surface area contributed by atoms with Gasteiger partial charge in [0.05, 0.1) is 11.3 Å². The molecule has 1 unspecified atom stereocenters. The quantitative estimate of drug-likeness (QED) is 0.598. The van der Waals surface area contributed by atoms with Crippen LogP contribution in [0.4, 0.5) is 11.4 Å². The van der Waals surface area contributed by atoms with Crippen molar-refractivity contribution in [2.75, 3.05) is 17.2 Å². The fraction of sp³-hybridized carbons (Fsp3) is 0.444. The number of hydrogen-bond acceptors (Lipinski definition) is 5. The first-order valence-electron chi connectivity index (χ1n) is 8.37. The molecule has 1 aromatic carbocycles. The first-order valence-corrected chi connectivity index (χ1v) is 8.87. The summed E-state index contributed by atoms with van der Waals surface area (Å²) >= 11 is 3.49. The molecule has 1 aliphatic rings. The van der Waals surface area contributed by atoms with Crippen LogP contribution in [0.25, 0.3) is 0 Å². The van der Waals surface area contributed by atoms with Crippen LogP contribution in [0.5, 0.6) is 0 Å². The van der Waals surface area contributed by atoms with Gasteiger partial charge in [0.1, 0.15) is 12.1 Å². The molecular formula is C18H26N5OS+. The lowest BCUT2D eigenvalue weighted by Crippen LogP contribution is -2.37. The number of hydrogen-bond donors (Lipinski definition) is 4. The van der Waals surface area contributed by atoms with E-state index in [-0.39, 0.29) is 11.9 Å². The Hall–Kier alpha value is -2.17. The molecule has 6 nitrogen and oxygen atoms in total. The van der Waals surface area contributed by atoms with Gasteiger partial charge in [-0.05, 0) is 51.3 Å². The first-order chi connectivity index (χ1) is 11.8. The minimum absolute atomic E-state index is 0.0157. The Labute approximate surface area is 154 Å². The molecule has 0 aliphatic carbocycles. The molecule has 25 heavy (non-hydrogen) atoms. The van der Waals surface area contributed by atoms with Crippen LogP contribution in [0.1, 0.15) is 38.7 Å². The lowest BCUT2D eigenvalue weighted by atomic mass is 10.1. The standard InChI is InChI=1S/C18H25N5OS/c1-18(2,20)10-16(25)23-15-9-13(7-6-12(15)11-19)22-14-5-3-4-8-21-17(14)24/h6-7,9-10,14,22-23,25H,3-5,8,20H2,1-2H3,(H,21,24)/p+1/b16-10-. The van der Waals surface area contributed by atoms with E-state index in [1.54, 1.807) is 6.07 Å². The molecule has 1 amide bonds. The summed E-state index contributed by atoms with van der Waals surface area (Å²) in [5.74, 6) is 0.0157. The predicted octanol–water partition coefficient (Wildman–Crippen LogP) is 1.64. The number of carbonyl (C=O) groups excluding carboxylic acids is 1. The smallest absolute Gasteiger partial charge is 0.242 e. The predicted molar refractivity (Wildman–Crippen MR) is 106 cm³/mol. The fourth-order valence-electron chi connectivity index (χ4n) is 2.67. The van der Waals surface area contributed by atoms with Gasteiger partial charge < -0.3 is 21.7 Å². The van der Waals surface area contributed by atoms with E-state index < -0.39 is 5.54 Å². The number of nitrogens with zero attached hydrogens (tertiary/aromatic N) is 1. The summed E-state index contributed by atoms with van der Waals surface area (Å²) in [5, 5.41) is 19.3. The third-order valence-corrected chi connectivity index (χ3v) is 4.07. The normalized spacial score (nSPS) is 18.8. The molecule has 0 spiro atoms. The molecule has 1 saturated heterocycles. The molecule has 1 aliphatic heterocycles. The largest absolute Gasteiger partial charge is 0.374 e. The van der Waals surface area contributed by atoms with Gasteiger partial charge in [0.25, 0.3) is 0 Å². The Morgan fingerprint density at radius 1 is 1.48 bits per heavy atom. The number of rotatable bonds is 5. The third kappa shape index (κ3) is 6.00. The van der Waals surface area contributed by atoms with Crippen LogP contribution in [0, 0.1) is 11.3 Å². The minimum Gasteiger partial charge on any atom is -0.374 e. The van der Waals surface area contributed by atoms with E-state index in [1.807, 2.05) is 32.1 Å². The summed E-state index contributed by atoms with van der Waals surface area (Å²) in [7, 11) is 0.